The van der Waals surface area contributed by atoms with Crippen molar-refractivity contribution in [2.24, 2.45) is 0 Å². The molecule has 2 aromatic heterocycles. The number of rotatable bonds is 3. The monoisotopic (exact) mass is 330 g/mol. The van der Waals surface area contributed by atoms with Crippen LogP contribution >= 0.6 is 22.7 Å². The Labute approximate surface area is 138 Å². The van der Waals surface area contributed by atoms with E-state index in [4.69, 9.17) is 0 Å². The quantitative estimate of drug-likeness (QED) is 0.888. The summed E-state index contributed by atoms with van der Waals surface area (Å²) in [6, 6.07) is 2.25. The number of nitrogens with one attached hydrogen (secondary N) is 1. The molecule has 0 bridgehead atoms. The number of hydrogen-bond donors (Lipinski definition) is 1. The van der Waals surface area contributed by atoms with Gasteiger partial charge in [0, 0.05) is 15.1 Å². The minimum atomic E-state index is -0.0696. The lowest BCUT2D eigenvalue weighted by atomic mass is 9.95. The normalized spacial score (nSPS) is 13.5. The van der Waals surface area contributed by atoms with E-state index in [-0.39, 0.29) is 5.91 Å². The molecule has 114 valence electrons. The Morgan fingerprint density at radius 1 is 1.41 bits per heavy atom. The second-order valence-corrected chi connectivity index (χ2v) is 7.71. The van der Waals surface area contributed by atoms with E-state index in [9.17, 15) is 10.1 Å². The van der Waals surface area contributed by atoms with Crippen molar-refractivity contribution in [1.82, 2.24) is 0 Å². The highest BCUT2D eigenvalue weighted by Crippen LogP contribution is 2.35. The summed E-state index contributed by atoms with van der Waals surface area (Å²) in [5, 5.41) is 15.0. The van der Waals surface area contributed by atoms with Crippen LogP contribution in [0.4, 0.5) is 5.00 Å². The molecule has 0 aliphatic heterocycles. The molecular weight excluding hydrogens is 312 g/mol. The van der Waals surface area contributed by atoms with Crippen molar-refractivity contribution in [1.29, 1.82) is 5.26 Å². The number of aryl methyl sites for hydroxylation is 2. The lowest BCUT2D eigenvalue weighted by Crippen LogP contribution is -2.14. The Bertz CT molecular complexity index is 764. The highest BCUT2D eigenvalue weighted by Gasteiger charge is 2.22. The molecule has 1 amide bonds. The van der Waals surface area contributed by atoms with Crippen molar-refractivity contribution < 1.29 is 4.79 Å². The number of hydrogen-bond acceptors (Lipinski definition) is 4. The molecule has 3 nitrogen and oxygen atoms in total. The summed E-state index contributed by atoms with van der Waals surface area (Å²) in [7, 11) is 0. The third kappa shape index (κ3) is 2.57. The fourth-order valence-electron chi connectivity index (χ4n) is 3.07. The van der Waals surface area contributed by atoms with Gasteiger partial charge in [0.15, 0.2) is 0 Å². The molecule has 0 saturated carbocycles. The number of thiophene rings is 2. The van der Waals surface area contributed by atoms with Gasteiger partial charge in [0.25, 0.3) is 5.91 Å². The zero-order valence-electron chi connectivity index (χ0n) is 12.8. The van der Waals surface area contributed by atoms with Crippen LogP contribution in [-0.2, 0) is 19.3 Å². The van der Waals surface area contributed by atoms with Crippen molar-refractivity contribution in [3.8, 4) is 6.07 Å². The molecule has 0 unspecified atom stereocenters. The molecule has 22 heavy (non-hydrogen) atoms. The first kappa shape index (κ1) is 15.3. The van der Waals surface area contributed by atoms with Gasteiger partial charge in [0.2, 0.25) is 0 Å². The first-order chi connectivity index (χ1) is 10.7. The zero-order chi connectivity index (χ0) is 15.7. The molecule has 1 aliphatic rings. The van der Waals surface area contributed by atoms with Gasteiger partial charge in [0.1, 0.15) is 11.1 Å². The van der Waals surface area contributed by atoms with Crippen molar-refractivity contribution >= 4 is 33.6 Å². The summed E-state index contributed by atoms with van der Waals surface area (Å²) in [5.41, 5.74) is 3.70. The summed E-state index contributed by atoms with van der Waals surface area (Å²) in [6.07, 6.45) is 5.28. The molecule has 0 fully saturated rings. The van der Waals surface area contributed by atoms with Crippen LogP contribution in [-0.4, -0.2) is 5.91 Å². The van der Waals surface area contributed by atoms with E-state index in [2.05, 4.69) is 11.4 Å². The van der Waals surface area contributed by atoms with E-state index >= 15 is 0 Å². The van der Waals surface area contributed by atoms with Crippen LogP contribution in [0.1, 0.15) is 56.6 Å². The Morgan fingerprint density at radius 2 is 2.18 bits per heavy atom. The third-order valence-electron chi connectivity index (χ3n) is 4.21. The van der Waals surface area contributed by atoms with E-state index < -0.39 is 0 Å². The number of carbonyl (C=O) groups is 1. The number of nitriles is 1. The summed E-state index contributed by atoms with van der Waals surface area (Å²) >= 11 is 3.19. The summed E-state index contributed by atoms with van der Waals surface area (Å²) in [6.45, 7) is 4.04. The van der Waals surface area contributed by atoms with E-state index in [1.807, 2.05) is 19.2 Å². The van der Waals surface area contributed by atoms with Crippen molar-refractivity contribution in [3.05, 3.63) is 37.4 Å². The maximum absolute atomic E-state index is 12.6. The van der Waals surface area contributed by atoms with Crippen LogP contribution in [0.3, 0.4) is 0 Å². The summed E-state index contributed by atoms with van der Waals surface area (Å²) < 4.78 is 0. The molecule has 0 aromatic carbocycles. The number of amides is 1. The van der Waals surface area contributed by atoms with Crippen LogP contribution in [0, 0.1) is 18.3 Å². The minimum absolute atomic E-state index is 0.0696. The second kappa shape index (κ2) is 6.23. The van der Waals surface area contributed by atoms with Gasteiger partial charge in [-0.05, 0) is 50.2 Å². The van der Waals surface area contributed by atoms with Gasteiger partial charge in [-0.3, -0.25) is 4.79 Å². The van der Waals surface area contributed by atoms with Gasteiger partial charge >= 0.3 is 0 Å². The SMILES string of the molecule is CCc1c(C)sc(NC(=O)c2csc3c2CCCC3)c1C#N. The standard InChI is InChI=1S/C17H18N2OS2/c1-3-11-10(2)22-17(13(11)8-18)19-16(20)14-9-21-15-7-5-4-6-12(14)15/h9H,3-7H2,1-2H3,(H,19,20). The van der Waals surface area contributed by atoms with Gasteiger partial charge in [-0.15, -0.1) is 22.7 Å². The Morgan fingerprint density at radius 3 is 2.91 bits per heavy atom. The van der Waals surface area contributed by atoms with Crippen molar-refractivity contribution in [2.75, 3.05) is 5.32 Å². The van der Waals surface area contributed by atoms with Crippen LogP contribution < -0.4 is 5.32 Å². The van der Waals surface area contributed by atoms with Crippen LogP contribution in [0.5, 0.6) is 0 Å². The van der Waals surface area contributed by atoms with E-state index in [0.717, 1.165) is 41.7 Å². The Hall–Kier alpha value is -1.64. The largest absolute Gasteiger partial charge is 0.312 e. The molecule has 5 heteroatoms. The fourth-order valence-corrected chi connectivity index (χ4v) is 5.28. The van der Waals surface area contributed by atoms with Crippen LogP contribution in [0.2, 0.25) is 0 Å². The van der Waals surface area contributed by atoms with E-state index in [1.165, 1.54) is 28.2 Å². The van der Waals surface area contributed by atoms with Gasteiger partial charge in [-0.1, -0.05) is 6.92 Å². The first-order valence-electron chi connectivity index (χ1n) is 7.58. The zero-order valence-corrected chi connectivity index (χ0v) is 14.4. The molecule has 1 N–H and O–H groups in total. The number of nitrogens with zero attached hydrogens (tertiary/aromatic N) is 1. The Balaban J connectivity index is 1.89. The number of fused-ring (bicyclic) bond motifs is 1. The van der Waals surface area contributed by atoms with Crippen LogP contribution in [0.25, 0.3) is 0 Å². The van der Waals surface area contributed by atoms with Crippen LogP contribution in [0.15, 0.2) is 5.38 Å². The molecule has 3 rings (SSSR count). The maximum atomic E-state index is 12.6. The summed E-state index contributed by atoms with van der Waals surface area (Å²) in [5.74, 6) is -0.0696. The Kier molecular flexibility index (Phi) is 4.32. The highest BCUT2D eigenvalue weighted by molar-refractivity contribution is 7.16. The van der Waals surface area contributed by atoms with E-state index in [1.54, 1.807) is 11.3 Å². The minimum Gasteiger partial charge on any atom is -0.312 e. The number of carbonyl (C=O) groups excluding carboxylic acids is 1. The molecule has 0 atom stereocenters. The topological polar surface area (TPSA) is 52.9 Å². The maximum Gasteiger partial charge on any atom is 0.257 e. The average Bonchev–Trinajstić information content (AvgIpc) is 3.07. The molecular formula is C17H18N2OS2. The highest BCUT2D eigenvalue weighted by atomic mass is 32.1. The molecule has 0 saturated heterocycles. The number of anilines is 1. The lowest BCUT2D eigenvalue weighted by molar-refractivity contribution is 0.102. The van der Waals surface area contributed by atoms with Crippen molar-refractivity contribution in [2.45, 2.75) is 46.0 Å². The molecule has 2 aromatic rings. The lowest BCUT2D eigenvalue weighted by Gasteiger charge is -2.12. The molecule has 0 spiro atoms. The van der Waals surface area contributed by atoms with E-state index in [0.29, 0.717) is 10.6 Å². The molecule has 0 radical (unpaired) electrons. The second-order valence-electron chi connectivity index (χ2n) is 5.52. The summed E-state index contributed by atoms with van der Waals surface area (Å²) in [4.78, 5) is 15.1. The first-order valence-corrected chi connectivity index (χ1v) is 9.28. The smallest absolute Gasteiger partial charge is 0.257 e. The molecule has 1 aliphatic carbocycles. The van der Waals surface area contributed by atoms with Gasteiger partial charge < -0.3 is 5.32 Å². The molecule has 2 heterocycles. The predicted octanol–water partition coefficient (Wildman–Crippen LogP) is 4.68. The average molecular weight is 330 g/mol. The van der Waals surface area contributed by atoms with Gasteiger partial charge in [0.05, 0.1) is 11.1 Å². The third-order valence-corrected chi connectivity index (χ3v) is 6.36. The van der Waals surface area contributed by atoms with Gasteiger partial charge in [-0.2, -0.15) is 5.26 Å². The van der Waals surface area contributed by atoms with Gasteiger partial charge in [-0.25, -0.2) is 0 Å². The fraction of sp³-hybridized carbons (Fsp3) is 0.412. The van der Waals surface area contributed by atoms with Crippen molar-refractivity contribution in [3.63, 3.8) is 0 Å². The predicted molar refractivity (Wildman–Crippen MR) is 92.1 cm³/mol.